The van der Waals surface area contributed by atoms with E-state index >= 15 is 0 Å². The Morgan fingerprint density at radius 3 is 2.75 bits per heavy atom. The van der Waals surface area contributed by atoms with Gasteiger partial charge in [0, 0.05) is 54.9 Å². The number of nitrogens with one attached hydrogen (secondary N) is 1. The number of halogens is 1. The highest BCUT2D eigenvalue weighted by atomic mass is 19.1. The summed E-state index contributed by atoms with van der Waals surface area (Å²) in [4.78, 5) is 24.5. The second kappa shape index (κ2) is 7.97. The summed E-state index contributed by atoms with van der Waals surface area (Å²) < 4.78 is 14.2. The van der Waals surface area contributed by atoms with E-state index in [4.69, 9.17) is 0 Å². The molecule has 7 heteroatoms. The number of aromatic nitrogens is 2. The van der Waals surface area contributed by atoms with Gasteiger partial charge in [-0.3, -0.25) is 9.78 Å². The fourth-order valence-corrected chi connectivity index (χ4v) is 4.58. The monoisotopic (exact) mass is 427 g/mol. The topological polar surface area (TPSA) is 76.0 Å². The summed E-state index contributed by atoms with van der Waals surface area (Å²) in [5, 5.41) is 11.3. The highest BCUT2D eigenvalue weighted by Crippen LogP contribution is 2.32. The Hall–Kier alpha value is -3.92. The second-order valence-electron chi connectivity index (χ2n) is 8.16. The number of aromatic amines is 1. The van der Waals surface area contributed by atoms with Gasteiger partial charge in [0.15, 0.2) is 0 Å². The highest BCUT2D eigenvalue weighted by molar-refractivity contribution is 5.96. The number of carbonyl (C=O) groups excluding carboxylic acids is 1. The Kier molecular flexibility index (Phi) is 4.98. The van der Waals surface area contributed by atoms with Gasteiger partial charge in [0.25, 0.3) is 0 Å². The maximum atomic E-state index is 14.2. The molecule has 0 atom stereocenters. The number of H-pyrrole nitrogens is 1. The van der Waals surface area contributed by atoms with Gasteiger partial charge in [0.1, 0.15) is 11.9 Å². The van der Waals surface area contributed by atoms with Gasteiger partial charge in [-0.1, -0.05) is 18.2 Å². The van der Waals surface area contributed by atoms with Crippen molar-refractivity contribution in [2.45, 2.75) is 13.3 Å². The summed E-state index contributed by atoms with van der Waals surface area (Å²) in [5.74, 6) is -0.267. The third-order valence-corrected chi connectivity index (χ3v) is 6.18. The maximum Gasteiger partial charge on any atom is 0.227 e. The molecule has 2 aromatic heterocycles. The van der Waals surface area contributed by atoms with Crippen LogP contribution in [0.5, 0.6) is 0 Å². The number of pyridine rings is 1. The molecule has 5 rings (SSSR count). The minimum Gasteiger partial charge on any atom is -0.366 e. The number of rotatable bonds is 3. The molecular formula is C25H22FN5O. The van der Waals surface area contributed by atoms with Gasteiger partial charge in [0.2, 0.25) is 5.91 Å². The van der Waals surface area contributed by atoms with Crippen LogP contribution in [0.25, 0.3) is 21.8 Å². The summed E-state index contributed by atoms with van der Waals surface area (Å²) in [6.45, 7) is 4.05. The average Bonchev–Trinajstić information content (AvgIpc) is 3.21. The summed E-state index contributed by atoms with van der Waals surface area (Å²) in [7, 11) is 0. The number of benzene rings is 2. The number of piperazine rings is 1. The van der Waals surface area contributed by atoms with Crippen LogP contribution in [0.4, 0.5) is 10.1 Å². The number of nitriles is 1. The maximum absolute atomic E-state index is 14.2. The van der Waals surface area contributed by atoms with Crippen LogP contribution in [0, 0.1) is 24.1 Å². The zero-order valence-corrected chi connectivity index (χ0v) is 17.7. The van der Waals surface area contributed by atoms with Crippen molar-refractivity contribution in [3.8, 4) is 6.07 Å². The smallest absolute Gasteiger partial charge is 0.227 e. The molecular weight excluding hydrogens is 405 g/mol. The molecule has 1 amide bonds. The first-order valence-corrected chi connectivity index (χ1v) is 10.6. The van der Waals surface area contributed by atoms with Gasteiger partial charge in [-0.2, -0.15) is 5.26 Å². The summed E-state index contributed by atoms with van der Waals surface area (Å²) >= 11 is 0. The van der Waals surface area contributed by atoms with E-state index in [1.54, 1.807) is 6.20 Å². The number of hydrogen-bond donors (Lipinski definition) is 1. The largest absolute Gasteiger partial charge is 0.366 e. The third-order valence-electron chi connectivity index (χ3n) is 6.18. The molecule has 1 saturated heterocycles. The Morgan fingerprint density at radius 1 is 1.19 bits per heavy atom. The molecule has 32 heavy (non-hydrogen) atoms. The lowest BCUT2D eigenvalue weighted by molar-refractivity contribution is -0.130. The average molecular weight is 427 g/mol. The van der Waals surface area contributed by atoms with Crippen LogP contribution in [-0.2, 0) is 11.2 Å². The van der Waals surface area contributed by atoms with Crippen molar-refractivity contribution in [2.24, 2.45) is 0 Å². The zero-order valence-electron chi connectivity index (χ0n) is 17.7. The lowest BCUT2D eigenvalue weighted by Crippen LogP contribution is -2.49. The fraction of sp³-hybridized carbons (Fsp3) is 0.240. The minimum absolute atomic E-state index is 0.0800. The van der Waals surface area contributed by atoms with Crippen molar-refractivity contribution < 1.29 is 9.18 Å². The molecule has 0 bridgehead atoms. The predicted octanol–water partition coefficient (Wildman–Crippen LogP) is 3.93. The van der Waals surface area contributed by atoms with Crippen LogP contribution >= 0.6 is 0 Å². The number of nitrogens with zero attached hydrogens (tertiary/aromatic N) is 4. The first-order chi connectivity index (χ1) is 15.5. The lowest BCUT2D eigenvalue weighted by atomic mass is 10.0. The van der Waals surface area contributed by atoms with E-state index in [0.717, 1.165) is 22.0 Å². The van der Waals surface area contributed by atoms with Crippen LogP contribution in [0.1, 0.15) is 16.7 Å². The quantitative estimate of drug-likeness (QED) is 0.538. The summed E-state index contributed by atoms with van der Waals surface area (Å²) in [5.41, 5.74) is 4.56. The molecule has 1 aliphatic rings. The molecule has 0 saturated carbocycles. The molecule has 160 valence electrons. The van der Waals surface area contributed by atoms with Crippen molar-refractivity contribution in [1.29, 1.82) is 5.26 Å². The van der Waals surface area contributed by atoms with E-state index in [1.807, 2.05) is 42.3 Å². The molecule has 0 spiro atoms. The van der Waals surface area contributed by atoms with Gasteiger partial charge in [0.05, 0.1) is 23.2 Å². The normalized spacial score (nSPS) is 14.2. The van der Waals surface area contributed by atoms with Crippen molar-refractivity contribution >= 4 is 33.4 Å². The van der Waals surface area contributed by atoms with Crippen molar-refractivity contribution in [1.82, 2.24) is 14.9 Å². The Labute approximate surface area is 184 Å². The number of para-hydroxylation sites is 1. The van der Waals surface area contributed by atoms with Crippen molar-refractivity contribution in [3.63, 3.8) is 0 Å². The Morgan fingerprint density at radius 2 is 1.97 bits per heavy atom. The standard InChI is InChI=1S/C25H22FN5O/c1-16-10-19(26)12-21-24(16)29-15-18(13-27)25(21)31-8-6-30(7-9-31)23(32)11-17-14-28-22-5-3-2-4-20(17)22/h2-5,10,12,14-15,28H,6-9,11H2,1H3. The van der Waals surface area contributed by atoms with Crippen molar-refractivity contribution in [3.05, 3.63) is 71.3 Å². The molecule has 3 heterocycles. The molecule has 2 aromatic carbocycles. The molecule has 4 aromatic rings. The first kappa shape index (κ1) is 20.0. The predicted molar refractivity (Wildman–Crippen MR) is 122 cm³/mol. The van der Waals surface area contributed by atoms with Gasteiger partial charge in [-0.25, -0.2) is 4.39 Å². The van der Waals surface area contributed by atoms with Crippen molar-refractivity contribution in [2.75, 3.05) is 31.1 Å². The highest BCUT2D eigenvalue weighted by Gasteiger charge is 2.25. The number of hydrogen-bond acceptors (Lipinski definition) is 4. The summed E-state index contributed by atoms with van der Waals surface area (Å²) in [6.07, 6.45) is 3.80. The third kappa shape index (κ3) is 3.44. The number of fused-ring (bicyclic) bond motifs is 2. The van der Waals surface area contributed by atoms with Crippen LogP contribution < -0.4 is 4.90 Å². The van der Waals surface area contributed by atoms with Crippen LogP contribution in [0.3, 0.4) is 0 Å². The molecule has 0 unspecified atom stereocenters. The van der Waals surface area contributed by atoms with E-state index in [-0.39, 0.29) is 11.7 Å². The second-order valence-corrected chi connectivity index (χ2v) is 8.16. The number of amides is 1. The van der Waals surface area contributed by atoms with E-state index in [9.17, 15) is 14.4 Å². The van der Waals surface area contributed by atoms with Gasteiger partial charge in [-0.15, -0.1) is 0 Å². The van der Waals surface area contributed by atoms with E-state index in [1.165, 1.54) is 12.1 Å². The number of anilines is 1. The molecule has 0 aliphatic carbocycles. The van der Waals surface area contributed by atoms with Crippen LogP contribution in [-0.4, -0.2) is 47.0 Å². The van der Waals surface area contributed by atoms with Crippen LogP contribution in [0.2, 0.25) is 0 Å². The SMILES string of the molecule is Cc1cc(F)cc2c(N3CCN(C(=O)Cc4c[nH]c5ccccc45)CC3)c(C#N)cnc12. The summed E-state index contributed by atoms with van der Waals surface area (Å²) in [6, 6.07) is 13.0. The van der Waals surface area contributed by atoms with Gasteiger partial charge >= 0.3 is 0 Å². The minimum atomic E-state index is -0.347. The van der Waals surface area contributed by atoms with Gasteiger partial charge < -0.3 is 14.8 Å². The van der Waals surface area contributed by atoms with E-state index in [0.29, 0.717) is 54.8 Å². The molecule has 1 fully saturated rings. The lowest BCUT2D eigenvalue weighted by Gasteiger charge is -2.37. The van der Waals surface area contributed by atoms with Crippen LogP contribution in [0.15, 0.2) is 48.8 Å². The molecule has 6 nitrogen and oxygen atoms in total. The first-order valence-electron chi connectivity index (χ1n) is 10.6. The van der Waals surface area contributed by atoms with E-state index < -0.39 is 0 Å². The Balaban J connectivity index is 1.36. The zero-order chi connectivity index (χ0) is 22.2. The van der Waals surface area contributed by atoms with Gasteiger partial charge in [-0.05, 0) is 36.2 Å². The fourth-order valence-electron chi connectivity index (χ4n) is 4.58. The van der Waals surface area contributed by atoms with E-state index in [2.05, 4.69) is 20.9 Å². The number of aryl methyl sites for hydroxylation is 1. The molecule has 1 aliphatic heterocycles. The molecule has 0 radical (unpaired) electrons. The number of carbonyl (C=O) groups is 1. The molecule has 1 N–H and O–H groups in total. The Bertz CT molecular complexity index is 1380.